The first-order valence-corrected chi connectivity index (χ1v) is 8.33. The zero-order valence-corrected chi connectivity index (χ0v) is 14.9. The Hall–Kier alpha value is 0.470. The normalized spacial score (nSPS) is 29.7. The van der Waals surface area contributed by atoms with Crippen LogP contribution in [0.2, 0.25) is 0 Å². The van der Waals surface area contributed by atoms with Gasteiger partial charge in [-0.25, -0.2) is 0 Å². The van der Waals surface area contributed by atoms with Gasteiger partial charge in [-0.05, 0) is 44.4 Å². The number of halogens is 3. The van der Waals surface area contributed by atoms with Gasteiger partial charge in [0, 0.05) is 24.1 Å². The molecule has 4 nitrogen and oxygen atoms in total. The summed E-state index contributed by atoms with van der Waals surface area (Å²) in [4.78, 5) is 14.0. The molecular formula is C12H14Br3NO3. The number of carbonyl (C=O) groups excluding carboxylic acids is 1. The van der Waals surface area contributed by atoms with Gasteiger partial charge in [-0.15, -0.1) is 0 Å². The molecule has 1 unspecified atom stereocenters. The first-order chi connectivity index (χ1) is 8.94. The van der Waals surface area contributed by atoms with Crippen LogP contribution in [0.3, 0.4) is 0 Å². The summed E-state index contributed by atoms with van der Waals surface area (Å²) in [7, 11) is 0. The number of hydrogen-bond donors (Lipinski definition) is 1. The molecule has 2 rings (SSSR count). The van der Waals surface area contributed by atoms with E-state index in [-0.39, 0.29) is 5.78 Å². The lowest BCUT2D eigenvalue weighted by molar-refractivity contribution is -0.111. The van der Waals surface area contributed by atoms with E-state index in [4.69, 9.17) is 4.74 Å². The molecule has 0 bridgehead atoms. The first kappa shape index (κ1) is 15.9. The summed E-state index contributed by atoms with van der Waals surface area (Å²) >= 11 is 9.74. The van der Waals surface area contributed by atoms with E-state index in [1.54, 1.807) is 6.08 Å². The Morgan fingerprint density at radius 3 is 2.58 bits per heavy atom. The summed E-state index contributed by atoms with van der Waals surface area (Å²) in [5.74, 6) is -0.164. The molecule has 1 fully saturated rings. The third-order valence-corrected chi connectivity index (χ3v) is 6.23. The van der Waals surface area contributed by atoms with Gasteiger partial charge in [0.1, 0.15) is 5.60 Å². The fourth-order valence-corrected chi connectivity index (χ4v) is 3.96. The number of ketones is 1. The number of ether oxygens (including phenoxy) is 1. The van der Waals surface area contributed by atoms with E-state index in [2.05, 4.69) is 52.7 Å². The minimum Gasteiger partial charge on any atom is -0.380 e. The summed E-state index contributed by atoms with van der Waals surface area (Å²) in [6.45, 7) is 3.97. The highest BCUT2D eigenvalue weighted by Crippen LogP contribution is 2.40. The fraction of sp³-hybridized carbons (Fsp3) is 0.583. The molecule has 0 aromatic carbocycles. The molecule has 1 heterocycles. The van der Waals surface area contributed by atoms with Crippen molar-refractivity contribution in [3.63, 3.8) is 0 Å². The van der Waals surface area contributed by atoms with Gasteiger partial charge in [0.15, 0.2) is 0 Å². The molecular weight excluding hydrogens is 446 g/mol. The van der Waals surface area contributed by atoms with Gasteiger partial charge >= 0.3 is 0 Å². The highest BCUT2D eigenvalue weighted by molar-refractivity contribution is 9.14. The maximum Gasteiger partial charge on any atom is 0.207 e. The van der Waals surface area contributed by atoms with E-state index in [1.807, 2.05) is 0 Å². The van der Waals surface area contributed by atoms with Gasteiger partial charge in [-0.2, -0.15) is 0 Å². The SMILES string of the molecule is O=C1C(Br)=CC(O)(CCN2CCOCC2)C(Br)=C1Br. The third-order valence-electron chi connectivity index (χ3n) is 3.27. The molecule has 0 aromatic rings. The number of Topliss-reactive ketones (excluding diaryl/α,β-unsaturated/α-hetero) is 1. The van der Waals surface area contributed by atoms with E-state index in [0.717, 1.165) is 32.8 Å². The Morgan fingerprint density at radius 1 is 1.32 bits per heavy atom. The monoisotopic (exact) mass is 457 g/mol. The van der Waals surface area contributed by atoms with Crippen molar-refractivity contribution in [1.29, 1.82) is 0 Å². The van der Waals surface area contributed by atoms with Crippen LogP contribution in [0.5, 0.6) is 0 Å². The molecule has 2 aliphatic rings. The van der Waals surface area contributed by atoms with Crippen molar-refractivity contribution < 1.29 is 14.6 Å². The summed E-state index contributed by atoms with van der Waals surface area (Å²) in [5, 5.41) is 10.7. The largest absolute Gasteiger partial charge is 0.380 e. The summed E-state index contributed by atoms with van der Waals surface area (Å²) < 4.78 is 6.53. The van der Waals surface area contributed by atoms with Crippen molar-refractivity contribution in [2.45, 2.75) is 12.0 Å². The van der Waals surface area contributed by atoms with Gasteiger partial charge in [0.25, 0.3) is 0 Å². The van der Waals surface area contributed by atoms with Crippen LogP contribution in [-0.4, -0.2) is 54.2 Å². The van der Waals surface area contributed by atoms with Crippen LogP contribution in [0.4, 0.5) is 0 Å². The van der Waals surface area contributed by atoms with Crippen LogP contribution in [0.1, 0.15) is 6.42 Å². The second kappa shape index (κ2) is 6.49. The fourth-order valence-electron chi connectivity index (χ4n) is 2.07. The molecule has 0 aromatic heterocycles. The van der Waals surface area contributed by atoms with E-state index < -0.39 is 5.60 Å². The van der Waals surface area contributed by atoms with E-state index in [1.165, 1.54) is 0 Å². The van der Waals surface area contributed by atoms with Gasteiger partial charge in [0.2, 0.25) is 5.78 Å². The van der Waals surface area contributed by atoms with Gasteiger partial charge < -0.3 is 9.84 Å². The zero-order valence-electron chi connectivity index (χ0n) is 10.2. The molecule has 0 radical (unpaired) electrons. The molecule has 0 saturated carbocycles. The molecule has 1 atom stereocenters. The van der Waals surface area contributed by atoms with Crippen molar-refractivity contribution >= 4 is 53.6 Å². The highest BCUT2D eigenvalue weighted by atomic mass is 79.9. The minimum atomic E-state index is -1.15. The maximum absolute atomic E-state index is 11.7. The molecule has 1 saturated heterocycles. The summed E-state index contributed by atoms with van der Waals surface area (Å²) in [5.41, 5.74) is -1.15. The summed E-state index contributed by atoms with van der Waals surface area (Å²) in [6.07, 6.45) is 2.08. The van der Waals surface area contributed by atoms with Gasteiger partial charge in [-0.3, -0.25) is 9.69 Å². The molecule has 7 heteroatoms. The number of hydrogen-bond acceptors (Lipinski definition) is 4. The Balaban J connectivity index is 2.06. The van der Waals surface area contributed by atoms with Crippen LogP contribution in [0.15, 0.2) is 19.5 Å². The van der Waals surface area contributed by atoms with E-state index in [9.17, 15) is 9.90 Å². The zero-order chi connectivity index (χ0) is 14.0. The predicted octanol–water partition coefficient (Wildman–Crippen LogP) is 2.30. The second-order valence-electron chi connectivity index (χ2n) is 4.58. The molecule has 1 aliphatic carbocycles. The van der Waals surface area contributed by atoms with Gasteiger partial charge in [-0.1, -0.05) is 15.9 Å². The van der Waals surface area contributed by atoms with E-state index >= 15 is 0 Å². The predicted molar refractivity (Wildman–Crippen MR) is 83.7 cm³/mol. The Morgan fingerprint density at radius 2 is 1.95 bits per heavy atom. The number of carbonyl (C=O) groups is 1. The number of rotatable bonds is 3. The number of morpholine rings is 1. The highest BCUT2D eigenvalue weighted by Gasteiger charge is 2.37. The number of allylic oxidation sites excluding steroid dienone is 2. The Kier molecular flexibility index (Phi) is 5.42. The lowest BCUT2D eigenvalue weighted by Gasteiger charge is -2.33. The van der Waals surface area contributed by atoms with Crippen LogP contribution < -0.4 is 0 Å². The van der Waals surface area contributed by atoms with Crippen LogP contribution in [0, 0.1) is 0 Å². The van der Waals surface area contributed by atoms with Gasteiger partial charge in [0.05, 0.1) is 22.2 Å². The third kappa shape index (κ3) is 3.57. The quantitative estimate of drug-likeness (QED) is 0.703. The number of aliphatic hydroxyl groups is 1. The number of nitrogens with zero attached hydrogens (tertiary/aromatic N) is 1. The maximum atomic E-state index is 11.7. The average molecular weight is 460 g/mol. The molecule has 0 amide bonds. The van der Waals surface area contributed by atoms with Crippen molar-refractivity contribution in [2.75, 3.05) is 32.8 Å². The molecule has 1 N–H and O–H groups in total. The molecule has 0 spiro atoms. The average Bonchev–Trinajstić information content (AvgIpc) is 2.42. The van der Waals surface area contributed by atoms with Crippen molar-refractivity contribution in [3.05, 3.63) is 19.5 Å². The Labute approximate surface area is 137 Å². The smallest absolute Gasteiger partial charge is 0.207 e. The standard InChI is InChI=1S/C12H14Br3NO3/c13-8-7-12(18,11(15)9(14)10(8)17)1-2-16-3-5-19-6-4-16/h7,18H,1-6H2. The lowest BCUT2D eigenvalue weighted by atomic mass is 9.93. The molecule has 106 valence electrons. The Bertz CT molecular complexity index is 444. The lowest BCUT2D eigenvalue weighted by Crippen LogP contribution is -2.41. The van der Waals surface area contributed by atoms with Crippen molar-refractivity contribution in [3.8, 4) is 0 Å². The topological polar surface area (TPSA) is 49.8 Å². The van der Waals surface area contributed by atoms with Crippen molar-refractivity contribution in [2.24, 2.45) is 0 Å². The molecule has 19 heavy (non-hydrogen) atoms. The summed E-state index contributed by atoms with van der Waals surface area (Å²) in [6, 6.07) is 0. The van der Waals surface area contributed by atoms with Crippen LogP contribution in [0.25, 0.3) is 0 Å². The van der Waals surface area contributed by atoms with Crippen molar-refractivity contribution in [1.82, 2.24) is 4.90 Å². The van der Waals surface area contributed by atoms with Crippen LogP contribution >= 0.6 is 47.8 Å². The first-order valence-electron chi connectivity index (χ1n) is 5.95. The molecule has 1 aliphatic heterocycles. The second-order valence-corrected chi connectivity index (χ2v) is 7.02. The van der Waals surface area contributed by atoms with E-state index in [0.29, 0.717) is 19.9 Å². The van der Waals surface area contributed by atoms with Crippen LogP contribution in [-0.2, 0) is 9.53 Å². The minimum absolute atomic E-state index is 0.164.